The van der Waals surface area contributed by atoms with Crippen LogP contribution in [-0.4, -0.2) is 41.0 Å². The molecule has 17 heavy (non-hydrogen) atoms. The van der Waals surface area contributed by atoms with Crippen LogP contribution in [0.5, 0.6) is 6.01 Å². The second-order valence-electron chi connectivity index (χ2n) is 2.92. The highest BCUT2D eigenvalue weighted by atomic mass is 19.3. The molecular formula is C7H9F4N5O. The van der Waals surface area contributed by atoms with Crippen molar-refractivity contribution >= 4 is 11.9 Å². The van der Waals surface area contributed by atoms with Crippen LogP contribution in [0.1, 0.15) is 0 Å². The quantitative estimate of drug-likeness (QED) is 0.756. The summed E-state index contributed by atoms with van der Waals surface area (Å²) in [7, 11) is 1.23. The van der Waals surface area contributed by atoms with E-state index < -0.39 is 18.9 Å². The molecule has 0 aliphatic rings. The second-order valence-corrected chi connectivity index (χ2v) is 2.92. The van der Waals surface area contributed by atoms with Gasteiger partial charge in [0.25, 0.3) is 0 Å². The summed E-state index contributed by atoms with van der Waals surface area (Å²) in [6, 6.07) is -0.208. The van der Waals surface area contributed by atoms with Gasteiger partial charge >= 0.3 is 18.4 Å². The topological polar surface area (TPSA) is 86.0 Å². The fourth-order valence-corrected chi connectivity index (χ4v) is 0.816. The molecule has 1 rings (SSSR count). The molecule has 0 radical (unpaired) electrons. The molecule has 0 bridgehead atoms. The number of ether oxygens (including phenoxy) is 1. The van der Waals surface area contributed by atoms with Gasteiger partial charge in [0.15, 0.2) is 0 Å². The van der Waals surface area contributed by atoms with Crippen molar-refractivity contribution in [3.63, 3.8) is 0 Å². The van der Waals surface area contributed by atoms with E-state index in [9.17, 15) is 17.6 Å². The standard InChI is InChI=1S/C7H9F4N5O/c1-17-6-15-4(12)14-5(16-6)13-2-7(10,11)3(8)9/h3H,2H2,1H3,(H3,12,13,14,15,16). The average molecular weight is 255 g/mol. The predicted octanol–water partition coefficient (Wildman–Crippen LogP) is 0.775. The summed E-state index contributed by atoms with van der Waals surface area (Å²) in [5.74, 6) is -4.83. The van der Waals surface area contributed by atoms with Crippen molar-refractivity contribution < 1.29 is 22.3 Å². The largest absolute Gasteiger partial charge is 0.467 e. The Balaban J connectivity index is 2.72. The van der Waals surface area contributed by atoms with E-state index in [1.807, 2.05) is 5.32 Å². The number of nitrogens with two attached hydrogens (primary N) is 1. The Kier molecular flexibility index (Phi) is 3.86. The van der Waals surface area contributed by atoms with Gasteiger partial charge in [-0.15, -0.1) is 0 Å². The van der Waals surface area contributed by atoms with Crippen LogP contribution in [0.15, 0.2) is 0 Å². The van der Waals surface area contributed by atoms with Crippen LogP contribution in [0.4, 0.5) is 29.5 Å². The van der Waals surface area contributed by atoms with Gasteiger partial charge in [-0.1, -0.05) is 0 Å². The maximum atomic E-state index is 12.6. The summed E-state index contributed by atoms with van der Waals surface area (Å²) in [5, 5.41) is 1.93. The van der Waals surface area contributed by atoms with Gasteiger partial charge in [0.05, 0.1) is 13.7 Å². The van der Waals surface area contributed by atoms with Crippen LogP contribution in [0, 0.1) is 0 Å². The van der Waals surface area contributed by atoms with Crippen LogP contribution >= 0.6 is 0 Å². The number of anilines is 2. The summed E-state index contributed by atoms with van der Waals surface area (Å²) >= 11 is 0. The molecule has 0 aromatic carbocycles. The highest BCUT2D eigenvalue weighted by Gasteiger charge is 2.40. The number of nitrogens with zero attached hydrogens (tertiary/aromatic N) is 3. The lowest BCUT2D eigenvalue weighted by Crippen LogP contribution is -2.35. The lowest BCUT2D eigenvalue weighted by molar-refractivity contribution is -0.117. The van der Waals surface area contributed by atoms with Gasteiger partial charge < -0.3 is 15.8 Å². The van der Waals surface area contributed by atoms with Crippen LogP contribution in [-0.2, 0) is 0 Å². The van der Waals surface area contributed by atoms with Gasteiger partial charge in [0.1, 0.15) is 0 Å². The van der Waals surface area contributed by atoms with Gasteiger partial charge in [-0.3, -0.25) is 0 Å². The molecule has 0 amide bonds. The third-order valence-corrected chi connectivity index (χ3v) is 1.62. The molecule has 3 N–H and O–H groups in total. The summed E-state index contributed by atoms with van der Waals surface area (Å²) in [4.78, 5) is 10.4. The zero-order valence-electron chi connectivity index (χ0n) is 8.62. The highest BCUT2D eigenvalue weighted by Crippen LogP contribution is 2.22. The highest BCUT2D eigenvalue weighted by molar-refractivity contribution is 5.32. The number of hydrogen-bond acceptors (Lipinski definition) is 6. The van der Waals surface area contributed by atoms with Crippen LogP contribution in [0.2, 0.25) is 0 Å². The molecule has 6 nitrogen and oxygen atoms in total. The van der Waals surface area contributed by atoms with E-state index in [2.05, 4.69) is 19.7 Å². The minimum Gasteiger partial charge on any atom is -0.467 e. The molecule has 0 saturated heterocycles. The molecule has 1 aromatic heterocycles. The van der Waals surface area contributed by atoms with E-state index in [0.717, 1.165) is 0 Å². The number of alkyl halides is 4. The lowest BCUT2D eigenvalue weighted by Gasteiger charge is -2.15. The Morgan fingerprint density at radius 3 is 2.53 bits per heavy atom. The monoisotopic (exact) mass is 255 g/mol. The molecule has 0 aliphatic heterocycles. The maximum absolute atomic E-state index is 12.6. The fraction of sp³-hybridized carbons (Fsp3) is 0.571. The second kappa shape index (κ2) is 4.97. The summed E-state index contributed by atoms with van der Waals surface area (Å²) in [6.07, 6.45) is -3.78. The van der Waals surface area contributed by atoms with E-state index in [1.165, 1.54) is 7.11 Å². The van der Waals surface area contributed by atoms with Crippen molar-refractivity contribution in [1.82, 2.24) is 15.0 Å². The molecule has 1 heterocycles. The third-order valence-electron chi connectivity index (χ3n) is 1.62. The van der Waals surface area contributed by atoms with Crippen LogP contribution in [0.3, 0.4) is 0 Å². The van der Waals surface area contributed by atoms with E-state index in [-0.39, 0.29) is 17.9 Å². The number of methoxy groups -OCH3 is 1. The molecule has 10 heteroatoms. The normalized spacial score (nSPS) is 11.6. The first-order chi connectivity index (χ1) is 7.85. The van der Waals surface area contributed by atoms with Crippen LogP contribution in [0.25, 0.3) is 0 Å². The minimum atomic E-state index is -4.19. The molecule has 1 aromatic rings. The zero-order valence-corrected chi connectivity index (χ0v) is 8.62. The van der Waals surface area contributed by atoms with Gasteiger partial charge in [-0.25, -0.2) is 8.78 Å². The Morgan fingerprint density at radius 2 is 2.00 bits per heavy atom. The summed E-state index contributed by atoms with van der Waals surface area (Å²) < 4.78 is 53.4. The number of hydrogen-bond donors (Lipinski definition) is 2. The van der Waals surface area contributed by atoms with Crippen molar-refractivity contribution in [1.29, 1.82) is 0 Å². The van der Waals surface area contributed by atoms with E-state index in [4.69, 9.17) is 5.73 Å². The van der Waals surface area contributed by atoms with Gasteiger partial charge in [-0.2, -0.15) is 23.7 Å². The summed E-state index contributed by atoms with van der Waals surface area (Å²) in [5.41, 5.74) is 5.22. The number of rotatable bonds is 5. The van der Waals surface area contributed by atoms with E-state index in [0.29, 0.717) is 0 Å². The Bertz CT molecular complexity index is 389. The Labute approximate surface area is 93.2 Å². The van der Waals surface area contributed by atoms with Crippen molar-refractivity contribution in [2.75, 3.05) is 24.7 Å². The molecule has 0 unspecified atom stereocenters. The first-order valence-electron chi connectivity index (χ1n) is 4.30. The average Bonchev–Trinajstić information content (AvgIpc) is 2.25. The van der Waals surface area contributed by atoms with E-state index >= 15 is 0 Å². The minimum absolute atomic E-state index is 0.208. The summed E-state index contributed by atoms with van der Waals surface area (Å²) in [6.45, 7) is -1.32. The maximum Gasteiger partial charge on any atom is 0.324 e. The molecule has 0 saturated carbocycles. The zero-order chi connectivity index (χ0) is 13.1. The van der Waals surface area contributed by atoms with Gasteiger partial charge in [0, 0.05) is 0 Å². The van der Waals surface area contributed by atoms with Crippen molar-refractivity contribution in [2.45, 2.75) is 12.3 Å². The van der Waals surface area contributed by atoms with Crippen molar-refractivity contribution in [3.8, 4) is 6.01 Å². The Morgan fingerprint density at radius 1 is 1.35 bits per heavy atom. The number of nitrogens with one attached hydrogen (secondary N) is 1. The number of nitrogen functional groups attached to an aromatic ring is 1. The molecule has 96 valence electrons. The smallest absolute Gasteiger partial charge is 0.324 e. The lowest BCUT2D eigenvalue weighted by atomic mass is 10.3. The Hall–Kier alpha value is -1.87. The fourth-order valence-electron chi connectivity index (χ4n) is 0.816. The molecular weight excluding hydrogens is 246 g/mol. The first kappa shape index (κ1) is 13.2. The molecule has 0 fully saturated rings. The molecule has 0 atom stereocenters. The number of aromatic nitrogens is 3. The number of halogens is 4. The third kappa shape index (κ3) is 3.57. The van der Waals surface area contributed by atoms with Crippen molar-refractivity contribution in [2.24, 2.45) is 0 Å². The molecule has 0 spiro atoms. The van der Waals surface area contributed by atoms with Crippen LogP contribution < -0.4 is 15.8 Å². The predicted molar refractivity (Wildman–Crippen MR) is 50.2 cm³/mol. The van der Waals surface area contributed by atoms with Gasteiger partial charge in [0.2, 0.25) is 11.9 Å². The SMILES string of the molecule is COc1nc(N)nc(NCC(F)(F)C(F)F)n1. The van der Waals surface area contributed by atoms with Gasteiger partial charge in [-0.05, 0) is 0 Å². The first-order valence-corrected chi connectivity index (χ1v) is 4.30. The molecule has 0 aliphatic carbocycles. The van der Waals surface area contributed by atoms with Crippen molar-refractivity contribution in [3.05, 3.63) is 0 Å². The van der Waals surface area contributed by atoms with E-state index in [1.54, 1.807) is 0 Å².